The number of hydrogen-bond donors (Lipinski definition) is 0. The van der Waals surface area contributed by atoms with Gasteiger partial charge in [-0.1, -0.05) is 42.8 Å². The lowest BCUT2D eigenvalue weighted by atomic mass is 10.0. The van der Waals surface area contributed by atoms with Crippen molar-refractivity contribution in [2.45, 2.75) is 32.7 Å². The second-order valence-electron chi connectivity index (χ2n) is 8.37. The van der Waals surface area contributed by atoms with Crippen LogP contribution in [0.25, 0.3) is 0 Å². The highest BCUT2D eigenvalue weighted by atomic mass is 32.1. The summed E-state index contributed by atoms with van der Waals surface area (Å²) in [4.78, 5) is 31.4. The van der Waals surface area contributed by atoms with E-state index in [1.165, 1.54) is 10.4 Å². The van der Waals surface area contributed by atoms with E-state index in [4.69, 9.17) is 4.74 Å². The number of rotatable bonds is 8. The van der Waals surface area contributed by atoms with Crippen LogP contribution in [0.15, 0.2) is 66.0 Å². The number of nitrogens with zero attached hydrogens (tertiary/aromatic N) is 2. The Morgan fingerprint density at radius 3 is 2.58 bits per heavy atom. The van der Waals surface area contributed by atoms with Gasteiger partial charge < -0.3 is 14.5 Å². The first-order valence-corrected chi connectivity index (χ1v) is 12.3. The van der Waals surface area contributed by atoms with E-state index < -0.39 is 0 Å². The molecule has 3 aromatic rings. The average molecular weight is 463 g/mol. The van der Waals surface area contributed by atoms with Crippen molar-refractivity contribution in [3.63, 3.8) is 0 Å². The van der Waals surface area contributed by atoms with E-state index >= 15 is 0 Å². The number of ether oxygens (including phenoxy) is 1. The molecule has 172 valence electrons. The summed E-state index contributed by atoms with van der Waals surface area (Å²) in [5.74, 6) is 0.649. The molecule has 2 amide bonds. The van der Waals surface area contributed by atoms with Crippen LogP contribution in [0.3, 0.4) is 0 Å². The lowest BCUT2D eigenvalue weighted by Gasteiger charge is -2.37. The molecule has 4 rings (SSSR count). The Morgan fingerprint density at radius 1 is 1.09 bits per heavy atom. The first-order valence-electron chi connectivity index (χ1n) is 11.5. The molecule has 6 heteroatoms. The Morgan fingerprint density at radius 2 is 1.85 bits per heavy atom. The van der Waals surface area contributed by atoms with Crippen LogP contribution in [-0.2, 0) is 11.2 Å². The maximum atomic E-state index is 13.5. The summed E-state index contributed by atoms with van der Waals surface area (Å²) >= 11 is 1.73. The number of carbonyl (C=O) groups is 2. The van der Waals surface area contributed by atoms with Gasteiger partial charge in [-0.3, -0.25) is 9.59 Å². The Hall–Kier alpha value is -3.12. The second kappa shape index (κ2) is 10.7. The van der Waals surface area contributed by atoms with Crippen molar-refractivity contribution in [3.8, 4) is 5.75 Å². The van der Waals surface area contributed by atoms with Gasteiger partial charge in [0.25, 0.3) is 5.91 Å². The Labute approximate surface area is 199 Å². The van der Waals surface area contributed by atoms with Gasteiger partial charge in [-0.15, -0.1) is 11.3 Å². The van der Waals surface area contributed by atoms with Gasteiger partial charge in [0.2, 0.25) is 5.91 Å². The molecule has 0 N–H and O–H groups in total. The van der Waals surface area contributed by atoms with E-state index in [-0.39, 0.29) is 24.4 Å². The lowest BCUT2D eigenvalue weighted by Crippen LogP contribution is -2.48. The van der Waals surface area contributed by atoms with Crippen molar-refractivity contribution in [3.05, 3.63) is 87.6 Å². The quantitative estimate of drug-likeness (QED) is 0.467. The summed E-state index contributed by atoms with van der Waals surface area (Å²) in [6.07, 6.45) is 1.63. The van der Waals surface area contributed by atoms with Gasteiger partial charge in [-0.05, 0) is 61.0 Å². The van der Waals surface area contributed by atoms with E-state index in [2.05, 4.69) is 11.4 Å². The van der Waals surface area contributed by atoms with Gasteiger partial charge in [-0.25, -0.2) is 0 Å². The first-order chi connectivity index (χ1) is 16.1. The molecule has 0 spiro atoms. The number of thiophene rings is 1. The van der Waals surface area contributed by atoms with Crippen LogP contribution in [0.1, 0.15) is 45.7 Å². The predicted octanol–water partition coefficient (Wildman–Crippen LogP) is 5.11. The molecule has 0 radical (unpaired) electrons. The van der Waals surface area contributed by atoms with E-state index in [0.29, 0.717) is 25.3 Å². The molecule has 0 saturated heterocycles. The van der Waals surface area contributed by atoms with Crippen LogP contribution in [0, 0.1) is 6.92 Å². The van der Waals surface area contributed by atoms with Crippen molar-refractivity contribution in [2.75, 3.05) is 26.2 Å². The summed E-state index contributed by atoms with van der Waals surface area (Å²) in [6, 6.07) is 19.1. The third kappa shape index (κ3) is 5.45. The van der Waals surface area contributed by atoms with Gasteiger partial charge in [0.1, 0.15) is 18.9 Å². The van der Waals surface area contributed by atoms with E-state index in [1.807, 2.05) is 61.2 Å². The smallest absolute Gasteiger partial charge is 0.254 e. The third-order valence-electron chi connectivity index (χ3n) is 5.97. The molecule has 0 saturated carbocycles. The average Bonchev–Trinajstić information content (AvgIpc) is 3.32. The van der Waals surface area contributed by atoms with Crippen molar-refractivity contribution in [2.24, 2.45) is 0 Å². The number of fused-ring (bicyclic) bond motifs is 1. The molecule has 1 aliphatic rings. The number of amides is 2. The molecule has 2 aromatic carbocycles. The molecule has 0 bridgehead atoms. The fourth-order valence-electron chi connectivity index (χ4n) is 4.22. The summed E-state index contributed by atoms with van der Waals surface area (Å²) < 4.78 is 6.11. The summed E-state index contributed by atoms with van der Waals surface area (Å²) in [5.41, 5.74) is 2.94. The first kappa shape index (κ1) is 23.1. The Balaban J connectivity index is 1.51. The summed E-state index contributed by atoms with van der Waals surface area (Å²) in [7, 11) is 0. The lowest BCUT2D eigenvalue weighted by molar-refractivity contribution is -0.135. The zero-order valence-electron chi connectivity index (χ0n) is 19.2. The molecule has 1 aromatic heterocycles. The highest BCUT2D eigenvalue weighted by Gasteiger charge is 2.33. The Kier molecular flexibility index (Phi) is 7.45. The normalized spacial score (nSPS) is 15.1. The van der Waals surface area contributed by atoms with Crippen LogP contribution in [-0.4, -0.2) is 47.9 Å². The molecule has 33 heavy (non-hydrogen) atoms. The van der Waals surface area contributed by atoms with Crippen LogP contribution in [0.2, 0.25) is 0 Å². The van der Waals surface area contributed by atoms with E-state index in [9.17, 15) is 9.59 Å². The fourth-order valence-corrected chi connectivity index (χ4v) is 5.15. The van der Waals surface area contributed by atoms with E-state index in [0.717, 1.165) is 24.2 Å². The molecule has 2 heterocycles. The van der Waals surface area contributed by atoms with Crippen molar-refractivity contribution in [1.82, 2.24) is 9.80 Å². The third-order valence-corrected chi connectivity index (χ3v) is 6.97. The zero-order valence-corrected chi connectivity index (χ0v) is 20.0. The predicted molar refractivity (Wildman–Crippen MR) is 132 cm³/mol. The zero-order chi connectivity index (χ0) is 23.2. The highest BCUT2D eigenvalue weighted by Crippen LogP contribution is 2.34. The maximum absolute atomic E-state index is 13.5. The highest BCUT2D eigenvalue weighted by molar-refractivity contribution is 7.10. The van der Waals surface area contributed by atoms with Gasteiger partial charge in [-0.2, -0.15) is 0 Å². The minimum atomic E-state index is -0.163. The van der Waals surface area contributed by atoms with Gasteiger partial charge >= 0.3 is 0 Å². The fraction of sp³-hybridized carbons (Fsp3) is 0.333. The summed E-state index contributed by atoms with van der Waals surface area (Å²) in [6.45, 7) is 5.70. The largest absolute Gasteiger partial charge is 0.491 e. The number of benzene rings is 2. The molecule has 1 aliphatic heterocycles. The maximum Gasteiger partial charge on any atom is 0.254 e. The number of carbonyl (C=O) groups excluding carboxylic acids is 2. The molecule has 0 fully saturated rings. The Bertz CT molecular complexity index is 1080. The monoisotopic (exact) mass is 462 g/mol. The molecule has 0 aliphatic carbocycles. The van der Waals surface area contributed by atoms with Crippen molar-refractivity contribution in [1.29, 1.82) is 0 Å². The molecule has 0 unspecified atom stereocenters. The van der Waals surface area contributed by atoms with Gasteiger partial charge in [0.05, 0.1) is 6.04 Å². The minimum absolute atomic E-state index is 0.0397. The van der Waals surface area contributed by atoms with Gasteiger partial charge in [0.15, 0.2) is 0 Å². The SMILES string of the molecule is CCCN(CC(=O)N1CCc2sccc2[C@H]1COc1ccc(C)cc1)C(=O)c1ccccc1. The minimum Gasteiger partial charge on any atom is -0.491 e. The van der Waals surface area contributed by atoms with Gasteiger partial charge in [0, 0.05) is 23.5 Å². The molecular weight excluding hydrogens is 432 g/mol. The number of aryl methyl sites for hydroxylation is 1. The van der Waals surface area contributed by atoms with Crippen LogP contribution in [0.4, 0.5) is 0 Å². The molecular formula is C27H30N2O3S. The van der Waals surface area contributed by atoms with Crippen molar-refractivity contribution < 1.29 is 14.3 Å². The van der Waals surface area contributed by atoms with Crippen molar-refractivity contribution >= 4 is 23.2 Å². The second-order valence-corrected chi connectivity index (χ2v) is 9.37. The topological polar surface area (TPSA) is 49.9 Å². The standard InChI is InChI=1S/C27H30N2O3S/c1-3-15-28(27(31)21-7-5-4-6-8-21)18-26(30)29-16-13-25-23(14-17-33-25)24(29)19-32-22-11-9-20(2)10-12-22/h4-12,14,17,24H,3,13,15-16,18-19H2,1-2H3/t24-/m1/s1. The van der Waals surface area contributed by atoms with E-state index in [1.54, 1.807) is 28.4 Å². The summed E-state index contributed by atoms with van der Waals surface area (Å²) in [5, 5.41) is 2.08. The molecule has 1 atom stereocenters. The molecule has 5 nitrogen and oxygen atoms in total. The van der Waals surface area contributed by atoms with Crippen LogP contribution in [0.5, 0.6) is 5.75 Å². The van der Waals surface area contributed by atoms with Crippen LogP contribution < -0.4 is 4.74 Å². The number of hydrogen-bond acceptors (Lipinski definition) is 4. The van der Waals surface area contributed by atoms with Crippen LogP contribution >= 0.6 is 11.3 Å².